The summed E-state index contributed by atoms with van der Waals surface area (Å²) in [5.41, 5.74) is 5.21. The number of rotatable bonds is 1. The van der Waals surface area contributed by atoms with Crippen LogP contribution in [0.3, 0.4) is 0 Å². The van der Waals surface area contributed by atoms with Gasteiger partial charge in [0.05, 0.1) is 8.69 Å². The molecule has 1 atom stereocenters. The van der Waals surface area contributed by atoms with Crippen LogP contribution in [0.15, 0.2) is 30.3 Å². The molecule has 0 radical (unpaired) electrons. The SMILES string of the molecule is C[C@@H]([NH3+])c1ccccc1.O=P[O-]. The molecule has 1 aromatic rings. The Morgan fingerprint density at radius 1 is 1.42 bits per heavy atom. The van der Waals surface area contributed by atoms with Gasteiger partial charge in [0.25, 0.3) is 0 Å². The van der Waals surface area contributed by atoms with Gasteiger partial charge < -0.3 is 10.6 Å². The third-order valence-electron chi connectivity index (χ3n) is 1.37. The molecule has 3 nitrogen and oxygen atoms in total. The van der Waals surface area contributed by atoms with Crippen molar-refractivity contribution in [1.29, 1.82) is 0 Å². The average molecular weight is 185 g/mol. The molecule has 3 N–H and O–H groups in total. The topological polar surface area (TPSA) is 67.8 Å². The zero-order chi connectivity index (χ0) is 9.40. The summed E-state index contributed by atoms with van der Waals surface area (Å²) in [6.45, 7) is 2.09. The Labute approximate surface area is 73.5 Å². The van der Waals surface area contributed by atoms with E-state index in [1.165, 1.54) is 5.56 Å². The van der Waals surface area contributed by atoms with E-state index in [1.807, 2.05) is 18.2 Å². The van der Waals surface area contributed by atoms with E-state index in [1.54, 1.807) is 0 Å². The quantitative estimate of drug-likeness (QED) is 0.649. The van der Waals surface area contributed by atoms with Gasteiger partial charge in [-0.15, -0.1) is 0 Å². The maximum Gasteiger partial charge on any atom is 0.107 e. The molecule has 4 heteroatoms. The Balaban J connectivity index is 0.000000354. The molecule has 0 aliphatic carbocycles. The Morgan fingerprint density at radius 2 is 1.83 bits per heavy atom. The van der Waals surface area contributed by atoms with Crippen molar-refractivity contribution in [2.24, 2.45) is 0 Å². The van der Waals surface area contributed by atoms with Gasteiger partial charge in [0.2, 0.25) is 0 Å². The highest BCUT2D eigenvalue weighted by molar-refractivity contribution is 7.14. The summed E-state index contributed by atoms with van der Waals surface area (Å²) < 4.78 is 8.35. The van der Waals surface area contributed by atoms with Crippen LogP contribution in [0.25, 0.3) is 0 Å². The standard InChI is InChI=1S/C8H11N.HO2P/c1-7(9)8-5-3-2-4-6-8;1-3-2/h2-7H,9H2,1H3;(H,1,2)/t7-;/m1./s1. The Hall–Kier alpha value is -0.760. The molecule has 0 heterocycles. The summed E-state index contributed by atoms with van der Waals surface area (Å²) in [5.74, 6) is 0. The number of hydrogen-bond donors (Lipinski definition) is 1. The van der Waals surface area contributed by atoms with Crippen molar-refractivity contribution >= 4 is 8.69 Å². The van der Waals surface area contributed by atoms with Crippen LogP contribution in [-0.4, -0.2) is 0 Å². The van der Waals surface area contributed by atoms with Crippen LogP contribution in [0, 0.1) is 0 Å². The van der Waals surface area contributed by atoms with E-state index in [4.69, 9.17) is 9.46 Å². The summed E-state index contributed by atoms with van der Waals surface area (Å²) in [7, 11) is -1.08. The maximum atomic E-state index is 8.35. The molecule has 0 unspecified atom stereocenters. The zero-order valence-corrected chi connectivity index (χ0v) is 7.83. The lowest BCUT2D eigenvalue weighted by molar-refractivity contribution is -0.420. The van der Waals surface area contributed by atoms with Gasteiger partial charge in [-0.3, -0.25) is 4.57 Å². The second kappa shape index (κ2) is 6.92. The second-order valence-electron chi connectivity index (χ2n) is 2.39. The molecule has 0 saturated carbocycles. The summed E-state index contributed by atoms with van der Waals surface area (Å²) in [5, 5.41) is 0. The van der Waals surface area contributed by atoms with Crippen LogP contribution < -0.4 is 10.6 Å². The smallest absolute Gasteiger partial charge is 0.107 e. The minimum Gasteiger partial charge on any atom is -0.772 e. The van der Waals surface area contributed by atoms with Crippen LogP contribution in [0.5, 0.6) is 0 Å². The lowest BCUT2D eigenvalue weighted by Crippen LogP contribution is -2.51. The summed E-state index contributed by atoms with van der Waals surface area (Å²) in [4.78, 5) is 8.35. The number of benzene rings is 1. The predicted octanol–water partition coefficient (Wildman–Crippen LogP) is 0.543. The van der Waals surface area contributed by atoms with Crippen LogP contribution in [-0.2, 0) is 4.57 Å². The third kappa shape index (κ3) is 4.97. The van der Waals surface area contributed by atoms with Crippen LogP contribution in [0.4, 0.5) is 0 Å². The molecule has 0 amide bonds. The van der Waals surface area contributed by atoms with E-state index in [9.17, 15) is 0 Å². The van der Waals surface area contributed by atoms with Crippen molar-refractivity contribution in [2.45, 2.75) is 13.0 Å². The van der Waals surface area contributed by atoms with Crippen molar-refractivity contribution in [2.75, 3.05) is 0 Å². The highest BCUT2D eigenvalue weighted by Gasteiger charge is 1.97. The summed E-state index contributed by atoms with van der Waals surface area (Å²) in [6, 6.07) is 10.7. The molecule has 1 rings (SSSR count). The molecule has 0 saturated heterocycles. The highest BCUT2D eigenvalue weighted by atomic mass is 31.1. The Bertz CT molecular complexity index is 214. The molecule has 0 aromatic heterocycles. The molecule has 66 valence electrons. The molecule has 1 aromatic carbocycles. The third-order valence-corrected chi connectivity index (χ3v) is 1.37. The minimum absolute atomic E-state index is 0.409. The van der Waals surface area contributed by atoms with E-state index in [-0.39, 0.29) is 0 Å². The van der Waals surface area contributed by atoms with Gasteiger partial charge >= 0.3 is 0 Å². The number of hydrogen-bond acceptors (Lipinski definition) is 2. The van der Waals surface area contributed by atoms with Crippen molar-refractivity contribution in [3.05, 3.63) is 35.9 Å². The van der Waals surface area contributed by atoms with E-state index in [0.29, 0.717) is 6.04 Å². The fourth-order valence-electron chi connectivity index (χ4n) is 0.782. The van der Waals surface area contributed by atoms with Gasteiger partial charge in [0.1, 0.15) is 6.04 Å². The lowest BCUT2D eigenvalue weighted by Gasteiger charge is -1.98. The van der Waals surface area contributed by atoms with Crippen LogP contribution in [0.1, 0.15) is 18.5 Å². The minimum atomic E-state index is -1.08. The van der Waals surface area contributed by atoms with E-state index >= 15 is 0 Å². The Morgan fingerprint density at radius 3 is 2.08 bits per heavy atom. The Kier molecular flexibility index (Phi) is 6.48. The second-order valence-corrected chi connectivity index (χ2v) is 2.54. The maximum absolute atomic E-state index is 8.35. The number of quaternary nitrogens is 1. The van der Waals surface area contributed by atoms with E-state index < -0.39 is 8.69 Å². The lowest BCUT2D eigenvalue weighted by atomic mass is 10.1. The van der Waals surface area contributed by atoms with Gasteiger partial charge in [-0.1, -0.05) is 30.3 Å². The van der Waals surface area contributed by atoms with Gasteiger partial charge in [-0.2, -0.15) is 0 Å². The molecule has 0 spiro atoms. The van der Waals surface area contributed by atoms with Gasteiger partial charge in [0, 0.05) is 5.56 Å². The highest BCUT2D eigenvalue weighted by Crippen LogP contribution is 2.04. The fourth-order valence-corrected chi connectivity index (χ4v) is 0.782. The molecule has 12 heavy (non-hydrogen) atoms. The average Bonchev–Trinajstić information content (AvgIpc) is 2.07. The van der Waals surface area contributed by atoms with E-state index in [2.05, 4.69) is 24.8 Å². The van der Waals surface area contributed by atoms with Gasteiger partial charge in [-0.05, 0) is 6.92 Å². The molecule has 0 aliphatic heterocycles. The van der Waals surface area contributed by atoms with Crippen molar-refractivity contribution in [3.8, 4) is 0 Å². The van der Waals surface area contributed by atoms with Gasteiger partial charge in [-0.25, -0.2) is 0 Å². The van der Waals surface area contributed by atoms with Crippen LogP contribution >= 0.6 is 8.69 Å². The predicted molar refractivity (Wildman–Crippen MR) is 45.4 cm³/mol. The molecule has 0 bridgehead atoms. The molecular weight excluding hydrogens is 173 g/mol. The van der Waals surface area contributed by atoms with Crippen molar-refractivity contribution in [3.63, 3.8) is 0 Å². The molecule has 0 aliphatic rings. The summed E-state index contributed by atoms with van der Waals surface area (Å²) in [6.07, 6.45) is 0. The normalized spacial score (nSPS) is 11.6. The monoisotopic (exact) mass is 185 g/mol. The summed E-state index contributed by atoms with van der Waals surface area (Å²) >= 11 is 0. The zero-order valence-electron chi connectivity index (χ0n) is 6.93. The first-order valence-corrected chi connectivity index (χ1v) is 4.28. The fraction of sp³-hybridized carbons (Fsp3) is 0.250. The van der Waals surface area contributed by atoms with Crippen molar-refractivity contribution in [1.82, 2.24) is 0 Å². The first kappa shape index (κ1) is 11.2. The largest absolute Gasteiger partial charge is 0.772 e. The first-order chi connectivity index (χ1) is 5.72. The molecular formula is C8H12NO2P. The molecule has 0 fully saturated rings. The van der Waals surface area contributed by atoms with Crippen molar-refractivity contribution < 1.29 is 15.2 Å². The van der Waals surface area contributed by atoms with E-state index in [0.717, 1.165) is 0 Å². The van der Waals surface area contributed by atoms with Gasteiger partial charge in [0.15, 0.2) is 0 Å². The first-order valence-electron chi connectivity index (χ1n) is 3.55. The van der Waals surface area contributed by atoms with Crippen LogP contribution in [0.2, 0.25) is 0 Å².